The number of benzene rings is 3. The lowest BCUT2D eigenvalue weighted by atomic mass is 9.86. The summed E-state index contributed by atoms with van der Waals surface area (Å²) in [6.45, 7) is 14.5. The summed E-state index contributed by atoms with van der Waals surface area (Å²) in [5.41, 5.74) is 3.71. The van der Waals surface area contributed by atoms with Crippen LogP contribution in [0.1, 0.15) is 73.7 Å². The van der Waals surface area contributed by atoms with Gasteiger partial charge in [-0.15, -0.1) is 0 Å². The lowest BCUT2D eigenvalue weighted by Crippen LogP contribution is -2.49. The van der Waals surface area contributed by atoms with Gasteiger partial charge in [0.15, 0.2) is 0 Å². The maximum absolute atomic E-state index is 14.6. The van der Waals surface area contributed by atoms with Gasteiger partial charge in [-0.05, 0) is 92.3 Å². The number of aromatic nitrogens is 2. The number of amides is 1. The minimum absolute atomic E-state index is 0.0597. The van der Waals surface area contributed by atoms with Gasteiger partial charge in [0, 0.05) is 23.7 Å². The molecule has 1 spiro atoms. The van der Waals surface area contributed by atoms with Crippen LogP contribution in [0.5, 0.6) is 5.88 Å². The van der Waals surface area contributed by atoms with Gasteiger partial charge >= 0.3 is 0 Å². The van der Waals surface area contributed by atoms with E-state index in [1.54, 1.807) is 32.0 Å². The number of anilines is 1. The third kappa shape index (κ3) is 6.56. The highest BCUT2D eigenvalue weighted by Gasteiger charge is 2.64. The van der Waals surface area contributed by atoms with E-state index in [1.807, 2.05) is 61.2 Å². The Balaban J connectivity index is 1.46. The Morgan fingerprint density at radius 2 is 1.62 bits per heavy atom. The van der Waals surface area contributed by atoms with Gasteiger partial charge in [0.25, 0.3) is 15.9 Å². The molecule has 4 bridgehead atoms. The van der Waals surface area contributed by atoms with E-state index in [0.717, 1.165) is 34.2 Å². The number of carbonyl (C=O) groups is 1. The molecule has 2 aliphatic rings. The van der Waals surface area contributed by atoms with Crippen molar-refractivity contribution >= 4 is 21.9 Å². The first-order valence-corrected chi connectivity index (χ1v) is 17.8. The first-order valence-electron chi connectivity index (χ1n) is 16.3. The molecule has 10 heteroatoms. The van der Waals surface area contributed by atoms with Crippen molar-refractivity contribution in [2.45, 2.75) is 77.3 Å². The number of nitrogens with zero attached hydrogens (tertiary/aromatic N) is 3. The summed E-state index contributed by atoms with van der Waals surface area (Å²) >= 11 is 0. The second-order valence-corrected chi connectivity index (χ2v) is 16.5. The van der Waals surface area contributed by atoms with Gasteiger partial charge in [0.05, 0.1) is 21.7 Å². The standard InChI is InChI=1S/C38H44N4O5S/c1-24-10-8-11-25(2)33(24)30-21-32-40-35(39-30)41-48(45,46)29-13-9-12-27(20-29)34(43)42(38(23-47-32)22-31(38)36(3,4)5)19-18-26-14-16-28(17-15-26)37(6,7)44/h8-17,20-21,31,44H,18-19,22-23H2,1-7H3,(H,39,40,41)/t31?,38-/m0/s1. The molecule has 0 radical (unpaired) electrons. The van der Waals surface area contributed by atoms with Gasteiger partial charge in [-0.1, -0.05) is 69.3 Å². The van der Waals surface area contributed by atoms with Gasteiger partial charge in [0.2, 0.25) is 11.8 Å². The summed E-state index contributed by atoms with van der Waals surface area (Å²) in [5, 5.41) is 10.4. The molecule has 0 saturated heterocycles. The second kappa shape index (κ2) is 12.0. The van der Waals surface area contributed by atoms with E-state index in [2.05, 4.69) is 35.5 Å². The highest BCUT2D eigenvalue weighted by atomic mass is 32.2. The minimum Gasteiger partial charge on any atom is -0.475 e. The predicted molar refractivity (Wildman–Crippen MR) is 186 cm³/mol. The van der Waals surface area contributed by atoms with Gasteiger partial charge in [-0.25, -0.2) is 18.1 Å². The summed E-state index contributed by atoms with van der Waals surface area (Å²) in [5.74, 6) is -0.0330. The highest BCUT2D eigenvalue weighted by molar-refractivity contribution is 7.92. The monoisotopic (exact) mass is 668 g/mol. The average Bonchev–Trinajstić information content (AvgIpc) is 3.76. The fourth-order valence-corrected chi connectivity index (χ4v) is 8.00. The Morgan fingerprint density at radius 1 is 0.958 bits per heavy atom. The number of aryl methyl sites for hydroxylation is 2. The maximum atomic E-state index is 14.6. The SMILES string of the molecule is Cc1cccc(C)c1-c1cc2nc(n1)NS(=O)(=O)c1cccc(c1)C(=O)N(CCc1ccc(C(C)(C)O)cc1)[C@]1(CO2)CC1C(C)(C)C. The molecule has 4 aromatic rings. The van der Waals surface area contributed by atoms with Crippen LogP contribution in [0.25, 0.3) is 11.3 Å². The van der Waals surface area contributed by atoms with Crippen LogP contribution in [0.4, 0.5) is 5.95 Å². The number of fused-ring (bicyclic) bond motifs is 4. The number of sulfonamides is 1. The van der Waals surface area contributed by atoms with Crippen LogP contribution in [0.3, 0.4) is 0 Å². The number of carbonyl (C=O) groups excluding carboxylic acids is 1. The largest absolute Gasteiger partial charge is 0.475 e. The highest BCUT2D eigenvalue weighted by Crippen LogP contribution is 2.58. The summed E-state index contributed by atoms with van der Waals surface area (Å²) < 4.78 is 36.4. The Bertz CT molecular complexity index is 1960. The van der Waals surface area contributed by atoms with Crippen molar-refractivity contribution in [1.82, 2.24) is 14.9 Å². The van der Waals surface area contributed by atoms with Crippen molar-refractivity contribution in [2.75, 3.05) is 17.9 Å². The molecular formula is C38H44N4O5S. The molecular weight excluding hydrogens is 625 g/mol. The van der Waals surface area contributed by atoms with Crippen LogP contribution in [-0.2, 0) is 22.0 Å². The van der Waals surface area contributed by atoms with Crippen LogP contribution < -0.4 is 9.46 Å². The van der Waals surface area contributed by atoms with Crippen molar-refractivity contribution < 1.29 is 23.1 Å². The van der Waals surface area contributed by atoms with E-state index in [1.165, 1.54) is 12.1 Å². The normalized spacial score (nSPS) is 20.6. The van der Waals surface area contributed by atoms with Gasteiger partial charge in [-0.2, -0.15) is 4.98 Å². The smallest absolute Gasteiger partial charge is 0.264 e. The molecule has 6 rings (SSSR count). The molecule has 1 unspecified atom stereocenters. The molecule has 1 amide bonds. The van der Waals surface area contributed by atoms with E-state index in [-0.39, 0.29) is 46.1 Å². The van der Waals surface area contributed by atoms with Crippen LogP contribution in [0, 0.1) is 25.2 Å². The Kier molecular flexibility index (Phi) is 8.40. The average molecular weight is 669 g/mol. The Labute approximate surface area is 283 Å². The van der Waals surface area contributed by atoms with E-state index in [4.69, 9.17) is 4.74 Å². The topological polar surface area (TPSA) is 122 Å². The second-order valence-electron chi connectivity index (χ2n) is 14.8. The van der Waals surface area contributed by atoms with Gasteiger partial charge in [0.1, 0.15) is 6.61 Å². The van der Waals surface area contributed by atoms with Crippen molar-refractivity contribution in [3.63, 3.8) is 0 Å². The lowest BCUT2D eigenvalue weighted by molar-refractivity contribution is 0.0483. The van der Waals surface area contributed by atoms with Crippen LogP contribution in [-0.4, -0.2) is 53.0 Å². The molecule has 1 aromatic heterocycles. The number of rotatable bonds is 5. The first-order chi connectivity index (χ1) is 22.5. The summed E-state index contributed by atoms with van der Waals surface area (Å²) in [7, 11) is -4.16. The van der Waals surface area contributed by atoms with E-state index in [9.17, 15) is 18.3 Å². The predicted octanol–water partition coefficient (Wildman–Crippen LogP) is 6.67. The molecule has 48 heavy (non-hydrogen) atoms. The molecule has 2 heterocycles. The molecule has 252 valence electrons. The molecule has 1 saturated carbocycles. The lowest BCUT2D eigenvalue weighted by Gasteiger charge is -2.36. The molecule has 1 fully saturated rings. The van der Waals surface area contributed by atoms with Crippen LogP contribution in [0.15, 0.2) is 77.7 Å². The van der Waals surface area contributed by atoms with E-state index >= 15 is 0 Å². The summed E-state index contributed by atoms with van der Waals surface area (Å²) in [6.07, 6.45) is 1.28. The van der Waals surface area contributed by atoms with Crippen molar-refractivity contribution in [3.8, 4) is 17.1 Å². The zero-order valence-electron chi connectivity index (χ0n) is 28.7. The third-order valence-electron chi connectivity index (χ3n) is 9.69. The molecule has 9 nitrogen and oxygen atoms in total. The molecule has 3 aromatic carbocycles. The molecule has 1 aliphatic heterocycles. The number of hydrogen-bond acceptors (Lipinski definition) is 7. The molecule has 1 aliphatic carbocycles. The molecule has 2 N–H and O–H groups in total. The number of aliphatic hydroxyl groups is 1. The first kappa shape index (κ1) is 33.6. The summed E-state index contributed by atoms with van der Waals surface area (Å²) in [6, 6.07) is 21.6. The third-order valence-corrected chi connectivity index (χ3v) is 11.0. The van der Waals surface area contributed by atoms with Gasteiger partial charge < -0.3 is 14.7 Å². The Morgan fingerprint density at radius 3 is 2.25 bits per heavy atom. The fraction of sp³-hybridized carbons (Fsp3) is 0.395. The summed E-state index contributed by atoms with van der Waals surface area (Å²) in [4.78, 5) is 25.5. The number of hydrogen-bond donors (Lipinski definition) is 2. The zero-order valence-corrected chi connectivity index (χ0v) is 29.5. The zero-order chi connectivity index (χ0) is 34.6. The van der Waals surface area contributed by atoms with E-state index in [0.29, 0.717) is 18.7 Å². The van der Waals surface area contributed by atoms with Crippen molar-refractivity contribution in [2.24, 2.45) is 11.3 Å². The molecule has 2 atom stereocenters. The van der Waals surface area contributed by atoms with Gasteiger partial charge in [-0.3, -0.25) is 4.79 Å². The quantitative estimate of drug-likeness (QED) is 0.244. The van der Waals surface area contributed by atoms with E-state index < -0.39 is 21.2 Å². The fourth-order valence-electron chi connectivity index (χ4n) is 7.01. The number of ether oxygens (including phenoxy) is 1. The minimum atomic E-state index is -4.16. The van der Waals surface area contributed by atoms with Crippen molar-refractivity contribution in [3.05, 3.63) is 101 Å². The van der Waals surface area contributed by atoms with Crippen LogP contribution >= 0.6 is 0 Å². The maximum Gasteiger partial charge on any atom is 0.264 e. The number of nitrogens with one attached hydrogen (secondary N) is 1. The Hall–Kier alpha value is -4.28. The van der Waals surface area contributed by atoms with Crippen LogP contribution in [0.2, 0.25) is 0 Å². The van der Waals surface area contributed by atoms with Crippen molar-refractivity contribution in [1.29, 1.82) is 0 Å².